The van der Waals surface area contributed by atoms with E-state index >= 15 is 0 Å². The summed E-state index contributed by atoms with van der Waals surface area (Å²) in [6.45, 7) is 5.80. The highest BCUT2D eigenvalue weighted by Gasteiger charge is 2.27. The van der Waals surface area contributed by atoms with Gasteiger partial charge in [0.1, 0.15) is 0 Å². The van der Waals surface area contributed by atoms with Gasteiger partial charge in [0.25, 0.3) is 0 Å². The summed E-state index contributed by atoms with van der Waals surface area (Å²) in [5, 5.41) is 19.9. The summed E-state index contributed by atoms with van der Waals surface area (Å²) in [6, 6.07) is 0. The Balaban J connectivity index is 0. The SMILES string of the molecule is CC(C)(C)C(CCC(=O)O)CC(=O)O.CNC. The molecule has 0 spiro atoms. The second-order valence-electron chi connectivity index (χ2n) is 5.09. The van der Waals surface area contributed by atoms with E-state index in [4.69, 9.17) is 10.2 Å². The summed E-state index contributed by atoms with van der Waals surface area (Å²) < 4.78 is 0. The normalized spacial score (nSPS) is 12.3. The highest BCUT2D eigenvalue weighted by molar-refractivity contribution is 5.68. The highest BCUT2D eigenvalue weighted by atomic mass is 16.4. The summed E-state index contributed by atoms with van der Waals surface area (Å²) >= 11 is 0. The van der Waals surface area contributed by atoms with Gasteiger partial charge in [-0.15, -0.1) is 0 Å². The van der Waals surface area contributed by atoms with Crippen molar-refractivity contribution in [2.45, 2.75) is 40.0 Å². The predicted octanol–water partition coefficient (Wildman–Crippen LogP) is 1.82. The molecule has 0 bridgehead atoms. The van der Waals surface area contributed by atoms with Crippen LogP contribution in [0.1, 0.15) is 40.0 Å². The lowest BCUT2D eigenvalue weighted by atomic mass is 9.76. The van der Waals surface area contributed by atoms with Crippen LogP contribution in [-0.4, -0.2) is 36.2 Å². The molecule has 3 N–H and O–H groups in total. The summed E-state index contributed by atoms with van der Waals surface area (Å²) in [5.41, 5.74) is -0.159. The van der Waals surface area contributed by atoms with E-state index < -0.39 is 11.9 Å². The highest BCUT2D eigenvalue weighted by Crippen LogP contribution is 2.32. The van der Waals surface area contributed by atoms with Crippen molar-refractivity contribution in [3.63, 3.8) is 0 Å². The van der Waals surface area contributed by atoms with E-state index in [0.29, 0.717) is 6.42 Å². The van der Waals surface area contributed by atoms with Gasteiger partial charge in [0.15, 0.2) is 0 Å². The van der Waals surface area contributed by atoms with E-state index in [1.807, 2.05) is 34.9 Å². The molecule has 0 saturated carbocycles. The minimum atomic E-state index is -0.871. The van der Waals surface area contributed by atoms with E-state index in [0.717, 1.165) is 0 Å². The molecule has 0 aromatic carbocycles. The van der Waals surface area contributed by atoms with Crippen LogP contribution in [0.4, 0.5) is 0 Å². The minimum absolute atomic E-state index is 0.0369. The van der Waals surface area contributed by atoms with Crippen molar-refractivity contribution in [1.29, 1.82) is 0 Å². The molecule has 0 aromatic heterocycles. The lowest BCUT2D eigenvalue weighted by molar-refractivity contribution is -0.141. The number of hydrogen-bond acceptors (Lipinski definition) is 3. The van der Waals surface area contributed by atoms with Gasteiger partial charge in [-0.3, -0.25) is 9.59 Å². The van der Waals surface area contributed by atoms with Gasteiger partial charge in [0.2, 0.25) is 0 Å². The minimum Gasteiger partial charge on any atom is -0.481 e. The van der Waals surface area contributed by atoms with Crippen molar-refractivity contribution in [2.75, 3.05) is 14.1 Å². The van der Waals surface area contributed by atoms with Crippen LogP contribution in [-0.2, 0) is 9.59 Å². The van der Waals surface area contributed by atoms with Crippen molar-refractivity contribution in [3.05, 3.63) is 0 Å². The average Bonchev–Trinajstić information content (AvgIpc) is 2.10. The molecule has 102 valence electrons. The van der Waals surface area contributed by atoms with Gasteiger partial charge in [0, 0.05) is 12.8 Å². The number of carboxylic acids is 2. The van der Waals surface area contributed by atoms with Crippen LogP contribution in [0.25, 0.3) is 0 Å². The van der Waals surface area contributed by atoms with Crippen LogP contribution in [0.2, 0.25) is 0 Å². The summed E-state index contributed by atoms with van der Waals surface area (Å²) in [6.07, 6.45) is 0.497. The van der Waals surface area contributed by atoms with Gasteiger partial charge in [-0.2, -0.15) is 0 Å². The lowest BCUT2D eigenvalue weighted by Crippen LogP contribution is -2.24. The third-order valence-electron chi connectivity index (χ3n) is 2.35. The fourth-order valence-corrected chi connectivity index (χ4v) is 1.35. The maximum atomic E-state index is 10.6. The van der Waals surface area contributed by atoms with Gasteiger partial charge in [-0.05, 0) is 31.8 Å². The quantitative estimate of drug-likeness (QED) is 0.690. The Morgan fingerprint density at radius 1 is 1.12 bits per heavy atom. The van der Waals surface area contributed by atoms with Crippen LogP contribution >= 0.6 is 0 Å². The Labute approximate surface area is 103 Å². The molecule has 0 aromatic rings. The van der Waals surface area contributed by atoms with E-state index in [1.54, 1.807) is 0 Å². The Hall–Kier alpha value is -1.10. The number of nitrogens with one attached hydrogen (secondary N) is 1. The molecular formula is C12H25NO4. The predicted molar refractivity (Wildman–Crippen MR) is 67.1 cm³/mol. The molecule has 0 fully saturated rings. The molecule has 0 aliphatic carbocycles. The van der Waals surface area contributed by atoms with E-state index in [1.165, 1.54) is 0 Å². The topological polar surface area (TPSA) is 86.6 Å². The van der Waals surface area contributed by atoms with Gasteiger partial charge in [-0.1, -0.05) is 20.8 Å². The zero-order valence-electron chi connectivity index (χ0n) is 11.4. The number of carbonyl (C=O) groups is 2. The second kappa shape index (κ2) is 8.98. The first-order valence-corrected chi connectivity index (χ1v) is 5.67. The Morgan fingerprint density at radius 3 is 1.76 bits per heavy atom. The first-order valence-electron chi connectivity index (χ1n) is 5.67. The van der Waals surface area contributed by atoms with E-state index in [2.05, 4.69) is 5.32 Å². The van der Waals surface area contributed by atoms with Crippen LogP contribution in [0, 0.1) is 11.3 Å². The molecule has 1 atom stereocenters. The molecule has 5 heteroatoms. The maximum Gasteiger partial charge on any atom is 0.303 e. The number of rotatable bonds is 5. The number of hydrogen-bond donors (Lipinski definition) is 3. The summed E-state index contributed by atoms with van der Waals surface area (Å²) in [5.74, 6) is -1.82. The third-order valence-corrected chi connectivity index (χ3v) is 2.35. The molecule has 0 rings (SSSR count). The molecule has 0 heterocycles. The van der Waals surface area contributed by atoms with Gasteiger partial charge < -0.3 is 15.5 Å². The standard InChI is InChI=1S/C10H18O4.C2H7N/c1-10(2,3)7(6-9(13)14)4-5-8(11)12;1-3-2/h7H,4-6H2,1-3H3,(H,11,12)(H,13,14);3H,1-2H3. The molecule has 0 aliphatic heterocycles. The first kappa shape index (κ1) is 18.3. The molecule has 5 nitrogen and oxygen atoms in total. The van der Waals surface area contributed by atoms with Crippen LogP contribution in [0.3, 0.4) is 0 Å². The lowest BCUT2D eigenvalue weighted by Gasteiger charge is -2.29. The molecule has 0 saturated heterocycles. The van der Waals surface area contributed by atoms with Crippen molar-refractivity contribution < 1.29 is 19.8 Å². The van der Waals surface area contributed by atoms with Crippen molar-refractivity contribution in [1.82, 2.24) is 5.32 Å². The second-order valence-corrected chi connectivity index (χ2v) is 5.09. The maximum absolute atomic E-state index is 10.6. The van der Waals surface area contributed by atoms with Crippen LogP contribution in [0.5, 0.6) is 0 Å². The summed E-state index contributed by atoms with van der Waals surface area (Å²) in [4.78, 5) is 20.9. The van der Waals surface area contributed by atoms with Crippen LogP contribution in [0.15, 0.2) is 0 Å². The van der Waals surface area contributed by atoms with E-state index in [-0.39, 0.29) is 24.2 Å². The Kier molecular flexibility index (Phi) is 9.66. The Bertz CT molecular complexity index is 233. The molecular weight excluding hydrogens is 222 g/mol. The molecule has 0 amide bonds. The van der Waals surface area contributed by atoms with Crippen molar-refractivity contribution >= 4 is 11.9 Å². The monoisotopic (exact) mass is 247 g/mol. The molecule has 0 aliphatic rings. The van der Waals surface area contributed by atoms with Crippen molar-refractivity contribution in [3.8, 4) is 0 Å². The number of aliphatic carboxylic acids is 2. The molecule has 0 radical (unpaired) electrons. The third kappa shape index (κ3) is 12.8. The molecule has 17 heavy (non-hydrogen) atoms. The van der Waals surface area contributed by atoms with Gasteiger partial charge in [-0.25, -0.2) is 0 Å². The number of carboxylic acid groups (broad SMARTS) is 2. The van der Waals surface area contributed by atoms with Gasteiger partial charge in [0.05, 0.1) is 0 Å². The van der Waals surface area contributed by atoms with Crippen molar-refractivity contribution in [2.24, 2.45) is 11.3 Å². The zero-order chi connectivity index (χ0) is 14.1. The van der Waals surface area contributed by atoms with Gasteiger partial charge >= 0.3 is 11.9 Å². The fraction of sp³-hybridized carbons (Fsp3) is 0.833. The smallest absolute Gasteiger partial charge is 0.303 e. The Morgan fingerprint density at radius 2 is 1.53 bits per heavy atom. The average molecular weight is 247 g/mol. The zero-order valence-corrected chi connectivity index (χ0v) is 11.4. The fourth-order valence-electron chi connectivity index (χ4n) is 1.35. The molecule has 1 unspecified atom stereocenters. The van der Waals surface area contributed by atoms with Crippen LogP contribution < -0.4 is 5.32 Å². The largest absolute Gasteiger partial charge is 0.481 e. The summed E-state index contributed by atoms with van der Waals surface area (Å²) in [7, 11) is 3.75. The van der Waals surface area contributed by atoms with E-state index in [9.17, 15) is 9.59 Å². The first-order chi connectivity index (χ1) is 7.65.